The number of nitrogens with zero attached hydrogens (tertiary/aromatic N) is 1. The van der Waals surface area contributed by atoms with E-state index in [1.54, 1.807) is 27.7 Å². The van der Waals surface area contributed by atoms with Gasteiger partial charge in [0.15, 0.2) is 22.8 Å². The van der Waals surface area contributed by atoms with E-state index in [2.05, 4.69) is 10.2 Å². The molecule has 156 valence electrons. The highest BCUT2D eigenvalue weighted by Crippen LogP contribution is 2.42. The van der Waals surface area contributed by atoms with Crippen molar-refractivity contribution in [2.75, 3.05) is 0 Å². The van der Waals surface area contributed by atoms with Gasteiger partial charge in [0.1, 0.15) is 16.7 Å². The average molecular weight is 414 g/mol. The number of halogens is 2. The van der Waals surface area contributed by atoms with Crippen LogP contribution in [0.2, 0.25) is 0 Å². The van der Waals surface area contributed by atoms with Gasteiger partial charge in [0.2, 0.25) is 0 Å². The van der Waals surface area contributed by atoms with Crippen LogP contribution in [0.25, 0.3) is 15.8 Å². The highest BCUT2D eigenvalue weighted by molar-refractivity contribution is 5.94. The molecular formula is C22H20F2N2O4. The fourth-order valence-corrected chi connectivity index (χ4v) is 3.60. The third-order valence-corrected chi connectivity index (χ3v) is 4.76. The van der Waals surface area contributed by atoms with E-state index in [9.17, 15) is 18.4 Å². The molecule has 1 aliphatic rings. The van der Waals surface area contributed by atoms with E-state index in [0.29, 0.717) is 11.4 Å². The van der Waals surface area contributed by atoms with Gasteiger partial charge >= 0.3 is 5.97 Å². The monoisotopic (exact) mass is 414 g/mol. The molecule has 2 aromatic rings. The molecule has 2 heterocycles. The molecule has 1 aromatic heterocycles. The number of dihydropyridines is 1. The molecule has 1 unspecified atom stereocenters. The number of benzene rings is 1. The largest absolute Gasteiger partial charge is 0.461 e. The lowest BCUT2D eigenvalue weighted by molar-refractivity contribution is -0.143. The van der Waals surface area contributed by atoms with Crippen LogP contribution in [0.1, 0.15) is 44.9 Å². The zero-order valence-electron chi connectivity index (χ0n) is 17.1. The third kappa shape index (κ3) is 3.47. The number of ether oxygens (including phenoxy) is 1. The van der Waals surface area contributed by atoms with Gasteiger partial charge in [-0.2, -0.15) is 0 Å². The molecular weight excluding hydrogens is 394 g/mol. The van der Waals surface area contributed by atoms with E-state index < -0.39 is 40.4 Å². The molecule has 0 amide bonds. The van der Waals surface area contributed by atoms with Crippen molar-refractivity contribution in [3.8, 4) is 0 Å². The molecule has 30 heavy (non-hydrogen) atoms. The van der Waals surface area contributed by atoms with Crippen LogP contribution >= 0.6 is 0 Å². The first-order valence-corrected chi connectivity index (χ1v) is 9.26. The Kier molecular flexibility index (Phi) is 5.49. The molecule has 3 rings (SSSR count). The van der Waals surface area contributed by atoms with Gasteiger partial charge < -0.3 is 14.5 Å². The molecule has 1 aromatic carbocycles. The molecule has 8 heteroatoms. The van der Waals surface area contributed by atoms with Gasteiger partial charge in [-0.25, -0.2) is 18.4 Å². The van der Waals surface area contributed by atoms with Crippen molar-refractivity contribution in [2.24, 2.45) is 0 Å². The lowest BCUT2D eigenvalue weighted by Gasteiger charge is -2.29. The van der Waals surface area contributed by atoms with Crippen molar-refractivity contribution in [3.05, 3.63) is 79.4 Å². The Bertz CT molecular complexity index is 1230. The number of carbonyl (C=O) groups excluding carboxylic acids is 1. The van der Waals surface area contributed by atoms with Crippen LogP contribution in [-0.2, 0) is 9.53 Å². The molecule has 1 atom stereocenters. The van der Waals surface area contributed by atoms with Crippen molar-refractivity contribution >= 4 is 16.9 Å². The highest BCUT2D eigenvalue weighted by Gasteiger charge is 2.37. The number of esters is 1. The lowest BCUT2D eigenvalue weighted by atomic mass is 9.83. The van der Waals surface area contributed by atoms with Crippen LogP contribution in [0.4, 0.5) is 8.78 Å². The van der Waals surface area contributed by atoms with Crippen molar-refractivity contribution in [1.29, 1.82) is 0 Å². The Morgan fingerprint density at radius 1 is 1.23 bits per heavy atom. The van der Waals surface area contributed by atoms with Gasteiger partial charge in [-0.1, -0.05) is 0 Å². The molecule has 6 nitrogen and oxygen atoms in total. The SMILES string of the molecule is [C-]#[N+]C1=C(C)NC(C)=C(C(=O)OC(C)C)C1c1cc(F)c(F)c2c(=O)cc(C)oc12. The predicted molar refractivity (Wildman–Crippen MR) is 106 cm³/mol. The van der Waals surface area contributed by atoms with E-state index in [1.165, 1.54) is 6.92 Å². The van der Waals surface area contributed by atoms with Crippen LogP contribution in [0.15, 0.2) is 44.0 Å². The smallest absolute Gasteiger partial charge is 0.335 e. The average Bonchev–Trinajstić information content (AvgIpc) is 2.62. The van der Waals surface area contributed by atoms with Gasteiger partial charge in [0, 0.05) is 23.0 Å². The topological polar surface area (TPSA) is 72.9 Å². The Balaban J connectivity index is 2.43. The summed E-state index contributed by atoms with van der Waals surface area (Å²) >= 11 is 0. The van der Waals surface area contributed by atoms with Crippen LogP contribution in [-0.4, -0.2) is 12.1 Å². The maximum absolute atomic E-state index is 14.5. The molecule has 0 saturated heterocycles. The summed E-state index contributed by atoms with van der Waals surface area (Å²) in [7, 11) is 0. The summed E-state index contributed by atoms with van der Waals surface area (Å²) in [6, 6.07) is 1.92. The number of aryl methyl sites for hydroxylation is 1. The standard InChI is InChI=1S/C22H20F2N2O4/c1-9(2)29-22(28)16-11(4)26-12(5)20(25-6)17(16)13-8-14(23)19(24)18-15(27)7-10(3)30-21(13)18/h7-9,17,26H,1-5H3. The number of hydrogen-bond acceptors (Lipinski definition) is 5. The summed E-state index contributed by atoms with van der Waals surface area (Å²) in [5.74, 6) is -4.23. The van der Waals surface area contributed by atoms with Crippen LogP contribution < -0.4 is 10.7 Å². The van der Waals surface area contributed by atoms with E-state index >= 15 is 0 Å². The van der Waals surface area contributed by atoms with E-state index in [4.69, 9.17) is 15.7 Å². The first-order chi connectivity index (χ1) is 14.1. The van der Waals surface area contributed by atoms with Gasteiger partial charge in [-0.15, -0.1) is 0 Å². The summed E-state index contributed by atoms with van der Waals surface area (Å²) in [6.07, 6.45) is -0.441. The van der Waals surface area contributed by atoms with Gasteiger partial charge in [-0.3, -0.25) is 4.79 Å². The van der Waals surface area contributed by atoms with Crippen LogP contribution in [0.3, 0.4) is 0 Å². The lowest BCUT2D eigenvalue weighted by Crippen LogP contribution is -2.29. The zero-order chi connectivity index (χ0) is 22.3. The van der Waals surface area contributed by atoms with Gasteiger partial charge in [-0.05, 0) is 40.7 Å². The molecule has 0 fully saturated rings. The molecule has 1 N–H and O–H groups in total. The molecule has 0 aliphatic carbocycles. The Hall–Kier alpha value is -3.47. The van der Waals surface area contributed by atoms with E-state index in [1.807, 2.05) is 0 Å². The minimum atomic E-state index is -1.34. The number of fused-ring (bicyclic) bond motifs is 1. The van der Waals surface area contributed by atoms with Crippen molar-refractivity contribution in [2.45, 2.75) is 46.6 Å². The summed E-state index contributed by atoms with van der Waals surface area (Å²) in [5.41, 5.74) is 0.0569. The normalized spacial score (nSPS) is 16.7. The van der Waals surface area contributed by atoms with Gasteiger partial charge in [0.25, 0.3) is 0 Å². The van der Waals surface area contributed by atoms with Crippen molar-refractivity contribution in [3.63, 3.8) is 0 Å². The third-order valence-electron chi connectivity index (χ3n) is 4.76. The Morgan fingerprint density at radius 2 is 1.90 bits per heavy atom. The fraction of sp³-hybridized carbons (Fsp3) is 0.318. The second-order valence-corrected chi connectivity index (χ2v) is 7.36. The van der Waals surface area contributed by atoms with Crippen molar-refractivity contribution in [1.82, 2.24) is 5.32 Å². The Labute approximate surface area is 171 Å². The summed E-state index contributed by atoms with van der Waals surface area (Å²) < 4.78 is 39.9. The van der Waals surface area contributed by atoms with Gasteiger partial charge in [0.05, 0.1) is 24.2 Å². The molecule has 1 aliphatic heterocycles. The maximum atomic E-state index is 14.5. The molecule has 0 spiro atoms. The Morgan fingerprint density at radius 3 is 2.50 bits per heavy atom. The minimum Gasteiger partial charge on any atom is -0.461 e. The number of hydrogen-bond donors (Lipinski definition) is 1. The maximum Gasteiger partial charge on any atom is 0.335 e. The quantitative estimate of drug-likeness (QED) is 0.594. The predicted octanol–water partition coefficient (Wildman–Crippen LogP) is 4.44. The van der Waals surface area contributed by atoms with E-state index in [0.717, 1.165) is 12.1 Å². The summed E-state index contributed by atoms with van der Waals surface area (Å²) in [6.45, 7) is 15.7. The first kappa shape index (κ1) is 21.2. The number of allylic oxidation sites excluding steroid dienone is 3. The first-order valence-electron chi connectivity index (χ1n) is 9.26. The van der Waals surface area contributed by atoms with E-state index in [-0.39, 0.29) is 28.2 Å². The van der Waals surface area contributed by atoms with Crippen molar-refractivity contribution < 1.29 is 22.7 Å². The number of carbonyl (C=O) groups is 1. The van der Waals surface area contributed by atoms with Crippen LogP contribution in [0.5, 0.6) is 0 Å². The second-order valence-electron chi connectivity index (χ2n) is 7.36. The highest BCUT2D eigenvalue weighted by atomic mass is 19.2. The number of nitrogens with one attached hydrogen (secondary N) is 1. The van der Waals surface area contributed by atoms with Crippen LogP contribution in [0, 0.1) is 25.1 Å². The fourth-order valence-electron chi connectivity index (χ4n) is 3.60. The molecule has 0 bridgehead atoms. The zero-order valence-corrected chi connectivity index (χ0v) is 17.1. The minimum absolute atomic E-state index is 0.00612. The number of rotatable bonds is 3. The second kappa shape index (κ2) is 7.75. The molecule has 0 radical (unpaired) electrons. The summed E-state index contributed by atoms with van der Waals surface area (Å²) in [5, 5.41) is 2.40. The summed E-state index contributed by atoms with van der Waals surface area (Å²) in [4.78, 5) is 28.8. The molecule has 0 saturated carbocycles.